The molecule has 1 atom stereocenters. The van der Waals surface area contributed by atoms with E-state index in [4.69, 9.17) is 11.1 Å². The van der Waals surface area contributed by atoms with E-state index in [2.05, 4.69) is 45.0 Å². The molecule has 19 heavy (non-hydrogen) atoms. The van der Waals surface area contributed by atoms with Gasteiger partial charge in [-0.1, -0.05) is 45.0 Å². The largest absolute Gasteiger partial charge is 0.338 e. The average Bonchev–Trinajstić information content (AvgIpc) is 2.28. The summed E-state index contributed by atoms with van der Waals surface area (Å²) in [5, 5.41) is 7.61. The van der Waals surface area contributed by atoms with E-state index in [-0.39, 0.29) is 5.96 Å². The summed E-state index contributed by atoms with van der Waals surface area (Å²) in [6.07, 6.45) is 1.13. The number of likely N-dealkylation sites (N-methyl/N-ethyl adjacent to an activating group) is 1. The van der Waals surface area contributed by atoms with Crippen LogP contribution in [0.25, 0.3) is 0 Å². The van der Waals surface area contributed by atoms with Crippen molar-refractivity contribution < 1.29 is 4.48 Å². The van der Waals surface area contributed by atoms with Gasteiger partial charge in [-0.05, 0) is 23.5 Å². The zero-order chi connectivity index (χ0) is 14.6. The fourth-order valence-electron chi connectivity index (χ4n) is 2.34. The van der Waals surface area contributed by atoms with Gasteiger partial charge >= 0.3 is 0 Å². The third-order valence-corrected chi connectivity index (χ3v) is 3.58. The Morgan fingerprint density at radius 2 is 1.68 bits per heavy atom. The second-order valence-electron chi connectivity index (χ2n) is 6.49. The van der Waals surface area contributed by atoms with E-state index in [1.807, 2.05) is 14.1 Å². The number of rotatable bonds is 5. The first-order valence-corrected chi connectivity index (χ1v) is 6.99. The average molecular weight is 262 g/mol. The van der Waals surface area contributed by atoms with Gasteiger partial charge in [0.2, 0.25) is 0 Å². The molecule has 3 N–H and O–H groups in total. The SMILES string of the molecule is CC(C)Cc1ccc(C(C)C[N+](C)(C)C(=N)N)cc1. The van der Waals surface area contributed by atoms with Crippen molar-refractivity contribution in [2.75, 3.05) is 20.6 Å². The van der Waals surface area contributed by atoms with Crippen molar-refractivity contribution in [3.05, 3.63) is 35.4 Å². The number of nitrogens with zero attached hydrogens (tertiary/aromatic N) is 1. The molecule has 0 amide bonds. The van der Waals surface area contributed by atoms with Crippen LogP contribution in [0.4, 0.5) is 0 Å². The van der Waals surface area contributed by atoms with Crippen molar-refractivity contribution in [2.24, 2.45) is 11.7 Å². The Morgan fingerprint density at radius 3 is 2.11 bits per heavy atom. The monoisotopic (exact) mass is 262 g/mol. The molecule has 0 heterocycles. The number of nitrogens with one attached hydrogen (secondary N) is 1. The lowest BCUT2D eigenvalue weighted by molar-refractivity contribution is -0.803. The maximum atomic E-state index is 7.61. The van der Waals surface area contributed by atoms with Crippen LogP contribution in [0.2, 0.25) is 0 Å². The molecule has 0 fully saturated rings. The lowest BCUT2D eigenvalue weighted by atomic mass is 9.96. The van der Waals surface area contributed by atoms with Gasteiger partial charge in [-0.25, -0.2) is 5.41 Å². The van der Waals surface area contributed by atoms with Gasteiger partial charge in [0.15, 0.2) is 0 Å². The van der Waals surface area contributed by atoms with Gasteiger partial charge in [0.1, 0.15) is 0 Å². The van der Waals surface area contributed by atoms with Gasteiger partial charge in [0.25, 0.3) is 5.96 Å². The van der Waals surface area contributed by atoms with E-state index in [9.17, 15) is 0 Å². The Balaban J connectivity index is 2.73. The second-order valence-corrected chi connectivity index (χ2v) is 6.49. The first-order chi connectivity index (χ1) is 8.72. The Hall–Kier alpha value is -1.35. The van der Waals surface area contributed by atoms with Crippen molar-refractivity contribution >= 4 is 5.96 Å². The molecule has 1 unspecified atom stereocenters. The number of hydrogen-bond acceptors (Lipinski definition) is 1. The predicted molar refractivity (Wildman–Crippen MR) is 82.3 cm³/mol. The van der Waals surface area contributed by atoms with Crippen molar-refractivity contribution in [3.8, 4) is 0 Å². The Labute approximate surface area is 117 Å². The standard InChI is InChI=1S/C16H28N3/c1-12(2)10-14-6-8-15(9-7-14)13(3)11-19(4,5)16(17)18/h6-9,12-13H,10-11H2,1-5H3,(H3,17,18)/q+1. The molecule has 0 bridgehead atoms. The lowest BCUT2D eigenvalue weighted by Crippen LogP contribution is -2.51. The molecule has 1 aromatic rings. The fraction of sp³-hybridized carbons (Fsp3) is 0.562. The van der Waals surface area contributed by atoms with Crippen LogP contribution in [0.15, 0.2) is 24.3 Å². The molecular weight excluding hydrogens is 234 g/mol. The highest BCUT2D eigenvalue weighted by Gasteiger charge is 2.23. The number of nitrogens with two attached hydrogens (primary N) is 1. The summed E-state index contributed by atoms with van der Waals surface area (Å²) < 4.78 is 0.439. The van der Waals surface area contributed by atoms with Gasteiger partial charge < -0.3 is 5.73 Å². The molecule has 1 aromatic carbocycles. The summed E-state index contributed by atoms with van der Waals surface area (Å²) in [6.45, 7) is 7.52. The molecular formula is C16H28N3+. The quantitative estimate of drug-likeness (QED) is 0.478. The maximum absolute atomic E-state index is 7.61. The molecule has 0 aliphatic rings. The van der Waals surface area contributed by atoms with E-state index in [0.29, 0.717) is 16.3 Å². The van der Waals surface area contributed by atoms with Crippen LogP contribution in [-0.2, 0) is 6.42 Å². The lowest BCUT2D eigenvalue weighted by Gasteiger charge is -2.29. The van der Waals surface area contributed by atoms with Crippen LogP contribution in [0, 0.1) is 11.3 Å². The summed E-state index contributed by atoms with van der Waals surface area (Å²) in [4.78, 5) is 0. The van der Waals surface area contributed by atoms with Crippen LogP contribution in [0.5, 0.6) is 0 Å². The molecule has 0 aromatic heterocycles. The van der Waals surface area contributed by atoms with Crippen LogP contribution in [-0.4, -0.2) is 31.1 Å². The van der Waals surface area contributed by atoms with Crippen molar-refractivity contribution in [3.63, 3.8) is 0 Å². The van der Waals surface area contributed by atoms with E-state index in [1.54, 1.807) is 0 Å². The topological polar surface area (TPSA) is 49.9 Å². The zero-order valence-corrected chi connectivity index (χ0v) is 12.9. The Morgan fingerprint density at radius 1 is 1.16 bits per heavy atom. The number of hydrogen-bond donors (Lipinski definition) is 2. The molecule has 1 rings (SSSR count). The molecule has 0 aliphatic heterocycles. The van der Waals surface area contributed by atoms with Crippen LogP contribution in [0.3, 0.4) is 0 Å². The van der Waals surface area contributed by atoms with Crippen molar-refractivity contribution in [2.45, 2.75) is 33.1 Å². The Bertz CT molecular complexity index is 418. The smallest absolute Gasteiger partial charge is 0.291 e. The zero-order valence-electron chi connectivity index (χ0n) is 12.9. The summed E-state index contributed by atoms with van der Waals surface area (Å²) >= 11 is 0. The van der Waals surface area contributed by atoms with Gasteiger partial charge in [0.05, 0.1) is 20.6 Å². The third kappa shape index (κ3) is 4.67. The van der Waals surface area contributed by atoms with Crippen molar-refractivity contribution in [1.29, 1.82) is 5.41 Å². The van der Waals surface area contributed by atoms with E-state index in [0.717, 1.165) is 13.0 Å². The first-order valence-electron chi connectivity index (χ1n) is 6.99. The first kappa shape index (κ1) is 15.7. The maximum Gasteiger partial charge on any atom is 0.291 e. The molecule has 0 aliphatic carbocycles. The normalized spacial score (nSPS) is 13.6. The molecule has 0 radical (unpaired) electrons. The minimum atomic E-state index is 0.211. The molecule has 0 saturated heterocycles. The number of benzene rings is 1. The van der Waals surface area contributed by atoms with E-state index < -0.39 is 0 Å². The van der Waals surface area contributed by atoms with Gasteiger partial charge in [0, 0.05) is 5.92 Å². The second kappa shape index (κ2) is 6.20. The van der Waals surface area contributed by atoms with Crippen LogP contribution >= 0.6 is 0 Å². The summed E-state index contributed by atoms with van der Waals surface area (Å²) in [6, 6.07) is 8.87. The number of quaternary nitrogens is 1. The molecule has 3 nitrogen and oxygen atoms in total. The van der Waals surface area contributed by atoms with Crippen molar-refractivity contribution in [1.82, 2.24) is 0 Å². The molecule has 106 valence electrons. The number of guanidine groups is 1. The van der Waals surface area contributed by atoms with Crippen LogP contribution in [0.1, 0.15) is 37.8 Å². The highest BCUT2D eigenvalue weighted by atomic mass is 15.4. The molecule has 3 heteroatoms. The van der Waals surface area contributed by atoms with E-state index >= 15 is 0 Å². The molecule has 0 saturated carbocycles. The summed E-state index contributed by atoms with van der Waals surface area (Å²) in [7, 11) is 3.96. The van der Waals surface area contributed by atoms with Gasteiger partial charge in [-0.15, -0.1) is 0 Å². The summed E-state index contributed by atoms with van der Waals surface area (Å²) in [5.41, 5.74) is 8.35. The Kier molecular flexibility index (Phi) is 5.12. The van der Waals surface area contributed by atoms with E-state index in [1.165, 1.54) is 11.1 Å². The predicted octanol–water partition coefficient (Wildman–Crippen LogP) is 2.96. The fourth-order valence-corrected chi connectivity index (χ4v) is 2.34. The molecule has 0 spiro atoms. The summed E-state index contributed by atoms with van der Waals surface area (Å²) in [5.74, 6) is 1.30. The van der Waals surface area contributed by atoms with Crippen LogP contribution < -0.4 is 5.73 Å². The highest BCUT2D eigenvalue weighted by molar-refractivity contribution is 5.66. The minimum absolute atomic E-state index is 0.211. The van der Waals surface area contributed by atoms with Gasteiger partial charge in [-0.3, -0.25) is 4.48 Å². The third-order valence-electron chi connectivity index (χ3n) is 3.58. The minimum Gasteiger partial charge on any atom is -0.338 e. The highest BCUT2D eigenvalue weighted by Crippen LogP contribution is 2.20. The van der Waals surface area contributed by atoms with Gasteiger partial charge in [-0.2, -0.15) is 0 Å².